The number of esters is 1. The van der Waals surface area contributed by atoms with Crippen LogP contribution in [-0.2, 0) is 4.74 Å². The smallest absolute Gasteiger partial charge is 0.351 e. The predicted octanol–water partition coefficient (Wildman–Crippen LogP) is 4.27. The third-order valence-corrected chi connectivity index (χ3v) is 5.22. The first kappa shape index (κ1) is 18.1. The highest BCUT2D eigenvalue weighted by atomic mass is 32.1. The molecule has 2 aromatic carbocycles. The first-order valence-electron chi connectivity index (χ1n) is 8.75. The molecule has 2 aromatic heterocycles. The molecular weight excluding hydrogens is 374 g/mol. The molecule has 140 valence electrons. The van der Waals surface area contributed by atoms with E-state index in [1.807, 2.05) is 43.3 Å². The number of hydrogen-bond acceptors (Lipinski definition) is 6. The average Bonchev–Trinajstić information content (AvgIpc) is 3.10. The first-order valence-corrected chi connectivity index (χ1v) is 9.57. The molecule has 6 nitrogen and oxygen atoms in total. The van der Waals surface area contributed by atoms with Crippen LogP contribution in [0, 0.1) is 6.92 Å². The summed E-state index contributed by atoms with van der Waals surface area (Å²) in [5.74, 6) is -0.188. The highest BCUT2D eigenvalue weighted by molar-refractivity contribution is 7.14. The molecule has 0 saturated heterocycles. The van der Waals surface area contributed by atoms with Crippen LogP contribution in [0.2, 0.25) is 0 Å². The Kier molecular flexibility index (Phi) is 4.75. The Morgan fingerprint density at radius 1 is 1.07 bits per heavy atom. The van der Waals surface area contributed by atoms with E-state index in [0.29, 0.717) is 27.3 Å². The average molecular weight is 391 g/mol. The normalized spacial score (nSPS) is 12.1. The molecule has 0 saturated carbocycles. The van der Waals surface area contributed by atoms with Crippen LogP contribution >= 0.6 is 11.3 Å². The second-order valence-electron chi connectivity index (χ2n) is 6.29. The molecule has 0 amide bonds. The molecule has 0 fully saturated rings. The number of para-hydroxylation sites is 1. The molecule has 0 radical (unpaired) electrons. The minimum absolute atomic E-state index is 0.262. The fraction of sp³-hybridized carbons (Fsp3) is 0.143. The van der Waals surface area contributed by atoms with Gasteiger partial charge in [0.25, 0.3) is 5.56 Å². The second kappa shape index (κ2) is 7.36. The lowest BCUT2D eigenvalue weighted by Crippen LogP contribution is -2.17. The summed E-state index contributed by atoms with van der Waals surface area (Å²) >= 11 is 1.28. The van der Waals surface area contributed by atoms with Gasteiger partial charge >= 0.3 is 5.97 Å². The van der Waals surface area contributed by atoms with Gasteiger partial charge < -0.3 is 9.72 Å². The van der Waals surface area contributed by atoms with E-state index in [9.17, 15) is 9.59 Å². The molecule has 0 aliphatic rings. The Hall–Kier alpha value is -3.32. The Bertz CT molecular complexity index is 1210. The Balaban J connectivity index is 1.64. The van der Waals surface area contributed by atoms with Gasteiger partial charge in [-0.25, -0.2) is 14.8 Å². The van der Waals surface area contributed by atoms with Crippen molar-refractivity contribution in [3.63, 3.8) is 0 Å². The number of hydrogen-bond donors (Lipinski definition) is 1. The molecular formula is C21H17N3O3S. The van der Waals surface area contributed by atoms with Crippen LogP contribution in [-0.4, -0.2) is 20.9 Å². The Labute approximate surface area is 164 Å². The number of nitrogens with zero attached hydrogens (tertiary/aromatic N) is 2. The predicted molar refractivity (Wildman–Crippen MR) is 108 cm³/mol. The van der Waals surface area contributed by atoms with E-state index in [-0.39, 0.29) is 5.56 Å². The van der Waals surface area contributed by atoms with E-state index in [4.69, 9.17) is 4.74 Å². The maximum absolute atomic E-state index is 12.8. The van der Waals surface area contributed by atoms with E-state index >= 15 is 0 Å². The van der Waals surface area contributed by atoms with Crippen LogP contribution in [0.4, 0.5) is 0 Å². The summed E-state index contributed by atoms with van der Waals surface area (Å²) in [5.41, 5.74) is 1.74. The summed E-state index contributed by atoms with van der Waals surface area (Å²) in [4.78, 5) is 37.1. The zero-order chi connectivity index (χ0) is 19.7. The molecule has 0 unspecified atom stereocenters. The maximum Gasteiger partial charge on any atom is 0.351 e. The SMILES string of the molecule is Cc1nc(-c2ccccc2)c(C(=O)O[C@@H](C)c2nc3ccccc3c(=O)[nH]2)s1. The van der Waals surface area contributed by atoms with Gasteiger partial charge in [-0.05, 0) is 26.0 Å². The lowest BCUT2D eigenvalue weighted by atomic mass is 10.1. The van der Waals surface area contributed by atoms with Gasteiger partial charge in [-0.15, -0.1) is 11.3 Å². The van der Waals surface area contributed by atoms with Crippen LogP contribution in [0.15, 0.2) is 59.4 Å². The van der Waals surface area contributed by atoms with Crippen molar-refractivity contribution in [1.29, 1.82) is 0 Å². The molecule has 1 N–H and O–H groups in total. The van der Waals surface area contributed by atoms with Crippen molar-refractivity contribution >= 4 is 28.2 Å². The van der Waals surface area contributed by atoms with Crippen molar-refractivity contribution in [1.82, 2.24) is 15.0 Å². The van der Waals surface area contributed by atoms with Gasteiger partial charge in [-0.2, -0.15) is 0 Å². The molecule has 2 heterocycles. The molecule has 0 aliphatic heterocycles. The van der Waals surface area contributed by atoms with E-state index in [0.717, 1.165) is 10.6 Å². The van der Waals surface area contributed by atoms with E-state index in [1.54, 1.807) is 25.1 Å². The monoisotopic (exact) mass is 391 g/mol. The Morgan fingerprint density at radius 2 is 1.79 bits per heavy atom. The quantitative estimate of drug-likeness (QED) is 0.525. The molecule has 0 bridgehead atoms. The number of aromatic nitrogens is 3. The van der Waals surface area contributed by atoms with Crippen molar-refractivity contribution in [3.8, 4) is 11.3 Å². The maximum atomic E-state index is 12.8. The summed E-state index contributed by atoms with van der Waals surface area (Å²) in [5, 5.41) is 1.27. The topological polar surface area (TPSA) is 84.9 Å². The van der Waals surface area contributed by atoms with Crippen molar-refractivity contribution in [2.45, 2.75) is 20.0 Å². The zero-order valence-electron chi connectivity index (χ0n) is 15.3. The molecule has 1 atom stereocenters. The molecule has 0 spiro atoms. The number of nitrogens with one attached hydrogen (secondary N) is 1. The van der Waals surface area contributed by atoms with Crippen molar-refractivity contribution in [2.24, 2.45) is 0 Å². The number of carbonyl (C=O) groups is 1. The molecule has 7 heteroatoms. The largest absolute Gasteiger partial charge is 0.450 e. The van der Waals surface area contributed by atoms with Crippen LogP contribution in [0.25, 0.3) is 22.2 Å². The summed E-state index contributed by atoms with van der Waals surface area (Å²) in [6, 6.07) is 16.5. The van der Waals surface area contributed by atoms with Gasteiger partial charge in [0, 0.05) is 5.56 Å². The second-order valence-corrected chi connectivity index (χ2v) is 7.50. The molecule has 4 rings (SSSR count). The fourth-order valence-corrected chi connectivity index (χ4v) is 3.75. The zero-order valence-corrected chi connectivity index (χ0v) is 16.1. The number of aromatic amines is 1. The minimum Gasteiger partial charge on any atom is -0.450 e. The standard InChI is InChI=1S/C21H17N3O3S/c1-12(19-23-16-11-7-6-10-15(16)20(25)24-19)27-21(26)18-17(22-13(2)28-18)14-8-4-3-5-9-14/h3-12H,1-2H3,(H,23,24,25)/t12-/m0/s1. The number of thiazole rings is 1. The van der Waals surface area contributed by atoms with Gasteiger partial charge in [0.2, 0.25) is 0 Å². The summed E-state index contributed by atoms with van der Waals surface area (Å²) < 4.78 is 5.60. The number of rotatable bonds is 4. The van der Waals surface area contributed by atoms with Crippen molar-refractivity contribution in [3.05, 3.63) is 80.7 Å². The number of carbonyl (C=O) groups excluding carboxylic acids is 1. The van der Waals surface area contributed by atoms with E-state index in [1.165, 1.54) is 11.3 Å². The van der Waals surface area contributed by atoms with Gasteiger partial charge in [-0.3, -0.25) is 4.79 Å². The third kappa shape index (κ3) is 3.44. The molecule has 4 aromatic rings. The lowest BCUT2D eigenvalue weighted by Gasteiger charge is -2.13. The minimum atomic E-state index is -0.712. The number of ether oxygens (including phenoxy) is 1. The van der Waals surface area contributed by atoms with E-state index < -0.39 is 12.1 Å². The van der Waals surface area contributed by atoms with Crippen LogP contribution in [0.1, 0.15) is 33.5 Å². The van der Waals surface area contributed by atoms with Crippen molar-refractivity contribution < 1.29 is 9.53 Å². The molecule has 0 aliphatic carbocycles. The van der Waals surface area contributed by atoms with Crippen LogP contribution < -0.4 is 5.56 Å². The number of aryl methyl sites for hydroxylation is 1. The summed E-state index contributed by atoms with van der Waals surface area (Å²) in [7, 11) is 0. The highest BCUT2D eigenvalue weighted by Gasteiger charge is 2.23. The van der Waals surface area contributed by atoms with Gasteiger partial charge in [0.05, 0.1) is 21.6 Å². The van der Waals surface area contributed by atoms with Crippen LogP contribution in [0.5, 0.6) is 0 Å². The number of H-pyrrole nitrogens is 1. The summed E-state index contributed by atoms with van der Waals surface area (Å²) in [6.45, 7) is 3.53. The van der Waals surface area contributed by atoms with Gasteiger partial charge in [0.1, 0.15) is 4.88 Å². The first-order chi connectivity index (χ1) is 13.5. The molecule has 28 heavy (non-hydrogen) atoms. The van der Waals surface area contributed by atoms with Gasteiger partial charge in [-0.1, -0.05) is 42.5 Å². The number of fused-ring (bicyclic) bond motifs is 1. The lowest BCUT2D eigenvalue weighted by molar-refractivity contribution is 0.0326. The van der Waals surface area contributed by atoms with Crippen molar-refractivity contribution in [2.75, 3.05) is 0 Å². The Morgan fingerprint density at radius 3 is 2.57 bits per heavy atom. The van der Waals surface area contributed by atoms with E-state index in [2.05, 4.69) is 15.0 Å². The van der Waals surface area contributed by atoms with Gasteiger partial charge in [0.15, 0.2) is 11.9 Å². The fourth-order valence-electron chi connectivity index (χ4n) is 2.92. The number of benzene rings is 2. The highest BCUT2D eigenvalue weighted by Crippen LogP contribution is 2.30. The van der Waals surface area contributed by atoms with Crippen LogP contribution in [0.3, 0.4) is 0 Å². The third-order valence-electron chi connectivity index (χ3n) is 4.27. The summed E-state index contributed by atoms with van der Waals surface area (Å²) in [6.07, 6.45) is -0.712.